The van der Waals surface area contributed by atoms with Crippen LogP contribution in [0, 0.1) is 19.8 Å². The average molecular weight is 533 g/mol. The van der Waals surface area contributed by atoms with Gasteiger partial charge in [0, 0.05) is 17.7 Å². The van der Waals surface area contributed by atoms with Crippen LogP contribution < -0.4 is 15.2 Å². The Kier molecular flexibility index (Phi) is 8.55. The van der Waals surface area contributed by atoms with Gasteiger partial charge in [-0.3, -0.25) is 0 Å². The molecule has 1 atom stereocenters. The molecular weight excluding hydrogens is 504 g/mol. The van der Waals surface area contributed by atoms with Crippen LogP contribution in [0.2, 0.25) is 0 Å². The quantitative estimate of drug-likeness (QED) is 0.352. The number of hydrogen-bond acceptors (Lipinski definition) is 7. The lowest BCUT2D eigenvalue weighted by Gasteiger charge is -2.16. The second-order valence-electron chi connectivity index (χ2n) is 8.87. The molecule has 9 nitrogen and oxygen atoms in total. The van der Waals surface area contributed by atoms with Gasteiger partial charge in [-0.2, -0.15) is 4.98 Å². The van der Waals surface area contributed by atoms with Crippen LogP contribution in [0.25, 0.3) is 11.3 Å². The molecule has 4 rings (SSSR count). The van der Waals surface area contributed by atoms with Crippen molar-refractivity contribution in [1.29, 1.82) is 0 Å². The zero-order valence-electron chi connectivity index (χ0n) is 20.0. The molecule has 1 fully saturated rings. The maximum absolute atomic E-state index is 13.0. The fourth-order valence-electron chi connectivity index (χ4n) is 3.91. The number of anilines is 1. The molecule has 0 aliphatic heterocycles. The first kappa shape index (κ1) is 27.4. The monoisotopic (exact) mass is 532 g/mol. The van der Waals surface area contributed by atoms with Crippen LogP contribution in [0.4, 0.5) is 5.95 Å². The third-order valence-corrected chi connectivity index (χ3v) is 7.16. The van der Waals surface area contributed by atoms with Crippen LogP contribution >= 0.6 is 12.4 Å². The maximum Gasteiger partial charge on any atom is 0.335 e. The van der Waals surface area contributed by atoms with Crippen molar-refractivity contribution in [3.05, 3.63) is 65.2 Å². The number of ether oxygens (including phenoxy) is 1. The maximum atomic E-state index is 13.0. The number of nitrogens with zero attached hydrogens (tertiary/aromatic N) is 2. The molecule has 1 aliphatic rings. The Morgan fingerprint density at radius 3 is 2.44 bits per heavy atom. The molecule has 0 bridgehead atoms. The number of rotatable bonds is 10. The summed E-state index contributed by atoms with van der Waals surface area (Å²) in [5, 5.41) is 9.21. The molecule has 4 N–H and O–H groups in total. The second-order valence-corrected chi connectivity index (χ2v) is 10.6. The average Bonchev–Trinajstić information content (AvgIpc) is 3.61. The summed E-state index contributed by atoms with van der Waals surface area (Å²) in [6.07, 6.45) is 3.24. The molecule has 192 valence electrons. The Labute approximate surface area is 216 Å². The summed E-state index contributed by atoms with van der Waals surface area (Å²) < 4.78 is 34.3. The number of carboxylic acid groups (broad SMARTS) is 1. The molecule has 1 aliphatic carbocycles. The SMILES string of the molecule is Cc1cccc(C)c1-c1cc(OC[C@H](N)CC2CC2)nc(NS(=O)(=O)c2cccc(C(=O)O)c2)n1.Cl. The highest BCUT2D eigenvalue weighted by molar-refractivity contribution is 7.92. The molecule has 0 spiro atoms. The number of hydrogen-bond donors (Lipinski definition) is 3. The Bertz CT molecular complexity index is 1340. The molecule has 0 unspecified atom stereocenters. The first-order valence-corrected chi connectivity index (χ1v) is 12.8. The van der Waals surface area contributed by atoms with Gasteiger partial charge in [0.2, 0.25) is 11.8 Å². The summed E-state index contributed by atoms with van der Waals surface area (Å²) in [5.41, 5.74) is 9.30. The van der Waals surface area contributed by atoms with Crippen molar-refractivity contribution in [2.45, 2.75) is 44.0 Å². The summed E-state index contributed by atoms with van der Waals surface area (Å²) in [7, 11) is -4.16. The second kappa shape index (κ2) is 11.2. The summed E-state index contributed by atoms with van der Waals surface area (Å²) >= 11 is 0. The van der Waals surface area contributed by atoms with Gasteiger partial charge in [0.05, 0.1) is 16.2 Å². The predicted octanol–water partition coefficient (Wildman–Crippen LogP) is 4.19. The number of aryl methyl sites for hydroxylation is 2. The van der Waals surface area contributed by atoms with E-state index in [2.05, 4.69) is 14.7 Å². The number of aromatic carboxylic acids is 1. The first-order valence-electron chi connectivity index (χ1n) is 11.3. The summed E-state index contributed by atoms with van der Waals surface area (Å²) in [4.78, 5) is 19.8. The van der Waals surface area contributed by atoms with Gasteiger partial charge in [-0.15, -0.1) is 12.4 Å². The molecule has 11 heteroatoms. The lowest BCUT2D eigenvalue weighted by molar-refractivity contribution is 0.0696. The number of aromatic nitrogens is 2. The van der Waals surface area contributed by atoms with Crippen molar-refractivity contribution >= 4 is 34.3 Å². The van der Waals surface area contributed by atoms with Gasteiger partial charge in [-0.1, -0.05) is 37.1 Å². The number of nitrogens with one attached hydrogen (secondary N) is 1. The van der Waals surface area contributed by atoms with Crippen LogP contribution in [0.3, 0.4) is 0 Å². The largest absolute Gasteiger partial charge is 0.478 e. The minimum atomic E-state index is -4.16. The van der Waals surface area contributed by atoms with Crippen molar-refractivity contribution in [3.63, 3.8) is 0 Å². The van der Waals surface area contributed by atoms with Gasteiger partial charge in [0.15, 0.2) is 0 Å². The normalized spacial score (nSPS) is 14.0. The highest BCUT2D eigenvalue weighted by Gasteiger charge is 2.24. The van der Waals surface area contributed by atoms with Crippen molar-refractivity contribution in [1.82, 2.24) is 9.97 Å². The standard InChI is InChI=1S/C25H28N4O5S.ClH/c1-15-5-3-6-16(2)23(15)21-13-22(34-14-19(26)11-17-9-10-17)28-25(27-21)29-35(32,33)20-8-4-7-18(12-20)24(30)31;/h3-8,12-13,17,19H,9-11,14,26H2,1-2H3,(H,30,31)(H,27,28,29);1H/t19-;/m1./s1. The Morgan fingerprint density at radius 2 is 1.81 bits per heavy atom. The number of nitrogens with two attached hydrogens (primary N) is 1. The molecule has 1 heterocycles. The van der Waals surface area contributed by atoms with Crippen LogP contribution in [0.1, 0.15) is 40.7 Å². The fourth-order valence-corrected chi connectivity index (χ4v) is 4.90. The van der Waals surface area contributed by atoms with Crippen LogP contribution in [-0.2, 0) is 10.0 Å². The molecule has 0 saturated heterocycles. The van der Waals surface area contributed by atoms with Crippen LogP contribution in [0.15, 0.2) is 53.4 Å². The van der Waals surface area contributed by atoms with E-state index in [1.807, 2.05) is 32.0 Å². The minimum Gasteiger partial charge on any atom is -0.478 e. The lowest BCUT2D eigenvalue weighted by Crippen LogP contribution is -2.28. The number of carbonyl (C=O) groups is 1. The Hall–Kier alpha value is -3.21. The predicted molar refractivity (Wildman–Crippen MR) is 139 cm³/mol. The number of halogens is 1. The number of sulfonamides is 1. The van der Waals surface area contributed by atoms with Gasteiger partial charge in [0.25, 0.3) is 10.0 Å². The van der Waals surface area contributed by atoms with E-state index in [9.17, 15) is 18.3 Å². The van der Waals surface area contributed by atoms with Gasteiger partial charge >= 0.3 is 5.97 Å². The van der Waals surface area contributed by atoms with E-state index in [1.54, 1.807) is 6.07 Å². The molecule has 2 aromatic carbocycles. The Morgan fingerprint density at radius 1 is 1.14 bits per heavy atom. The topological polar surface area (TPSA) is 144 Å². The van der Waals surface area contributed by atoms with E-state index < -0.39 is 16.0 Å². The van der Waals surface area contributed by atoms with E-state index in [1.165, 1.54) is 31.0 Å². The van der Waals surface area contributed by atoms with Crippen LogP contribution in [0.5, 0.6) is 5.88 Å². The fraction of sp³-hybridized carbons (Fsp3) is 0.320. The zero-order chi connectivity index (χ0) is 25.2. The summed E-state index contributed by atoms with van der Waals surface area (Å²) in [6.45, 7) is 4.13. The van der Waals surface area contributed by atoms with Gasteiger partial charge < -0.3 is 15.6 Å². The highest BCUT2D eigenvalue weighted by Crippen LogP contribution is 2.33. The lowest BCUT2D eigenvalue weighted by atomic mass is 10.00. The third kappa shape index (κ3) is 6.71. The third-order valence-electron chi connectivity index (χ3n) is 5.84. The zero-order valence-corrected chi connectivity index (χ0v) is 21.6. The molecule has 0 radical (unpaired) electrons. The van der Waals surface area contributed by atoms with Crippen molar-refractivity contribution in [2.75, 3.05) is 11.3 Å². The van der Waals surface area contributed by atoms with Gasteiger partial charge in [-0.05, 0) is 55.5 Å². The van der Waals surface area contributed by atoms with E-state index in [4.69, 9.17) is 10.5 Å². The first-order chi connectivity index (χ1) is 16.6. The Balaban J connectivity index is 0.00000361. The smallest absolute Gasteiger partial charge is 0.335 e. The van der Waals surface area contributed by atoms with Crippen molar-refractivity contribution in [3.8, 4) is 17.1 Å². The summed E-state index contributed by atoms with van der Waals surface area (Å²) in [6, 6.07) is 12.4. The highest BCUT2D eigenvalue weighted by atomic mass is 35.5. The van der Waals surface area contributed by atoms with Crippen LogP contribution in [-0.4, -0.2) is 42.1 Å². The van der Waals surface area contributed by atoms with E-state index in [-0.39, 0.29) is 47.3 Å². The van der Waals surface area contributed by atoms with E-state index in [0.717, 1.165) is 29.2 Å². The molecule has 0 amide bonds. The summed E-state index contributed by atoms with van der Waals surface area (Å²) in [5.74, 6) is -0.570. The molecule has 36 heavy (non-hydrogen) atoms. The van der Waals surface area contributed by atoms with E-state index in [0.29, 0.717) is 11.6 Å². The number of carboxylic acids is 1. The minimum absolute atomic E-state index is 0. The van der Waals surface area contributed by atoms with Crippen molar-refractivity contribution in [2.24, 2.45) is 11.7 Å². The van der Waals surface area contributed by atoms with Gasteiger partial charge in [-0.25, -0.2) is 22.9 Å². The molecule has 1 saturated carbocycles. The van der Waals surface area contributed by atoms with Crippen molar-refractivity contribution < 1.29 is 23.1 Å². The van der Waals surface area contributed by atoms with E-state index >= 15 is 0 Å². The molecule has 1 aromatic heterocycles. The molecular formula is C25H29ClN4O5S. The van der Waals surface area contributed by atoms with Gasteiger partial charge in [0.1, 0.15) is 6.61 Å². The number of benzene rings is 2. The molecule has 3 aromatic rings.